The summed E-state index contributed by atoms with van der Waals surface area (Å²) in [6.07, 6.45) is 1.85. The van der Waals surface area contributed by atoms with Crippen molar-refractivity contribution in [3.05, 3.63) is 160 Å². The Morgan fingerprint density at radius 3 is 1.77 bits per heavy atom. The molecule has 0 aliphatic rings. The number of aryl methyl sites for hydroxylation is 1. The van der Waals surface area contributed by atoms with E-state index in [-0.39, 0.29) is 41.5 Å². The SMILES string of the molecule is Cn1cc(CCO[Si](c2ccccc2)(c2ccccc2)C(C)(C)C)c(C(=O)OCc2ccccc2)c(OC(=O)c2ccccc2)c1=O. The Balaban J connectivity index is 1.54. The number of ether oxygens (including phenoxy) is 2. The van der Waals surface area contributed by atoms with Gasteiger partial charge in [0.1, 0.15) is 12.2 Å². The molecule has 7 nitrogen and oxygen atoms in total. The molecule has 240 valence electrons. The molecule has 4 aromatic carbocycles. The van der Waals surface area contributed by atoms with Gasteiger partial charge >= 0.3 is 11.9 Å². The molecule has 0 saturated heterocycles. The van der Waals surface area contributed by atoms with Gasteiger partial charge in [0.25, 0.3) is 13.9 Å². The van der Waals surface area contributed by atoms with Crippen molar-refractivity contribution in [1.29, 1.82) is 0 Å². The summed E-state index contributed by atoms with van der Waals surface area (Å²) in [7, 11) is -1.32. The van der Waals surface area contributed by atoms with Crippen LogP contribution in [0.1, 0.15) is 52.6 Å². The van der Waals surface area contributed by atoms with Crippen LogP contribution >= 0.6 is 0 Å². The van der Waals surface area contributed by atoms with Crippen LogP contribution in [-0.2, 0) is 29.2 Å². The molecular weight excluding hydrogens is 607 g/mol. The Kier molecular flexibility index (Phi) is 10.3. The number of pyridine rings is 1. The Morgan fingerprint density at radius 1 is 0.723 bits per heavy atom. The lowest BCUT2D eigenvalue weighted by Gasteiger charge is -2.43. The van der Waals surface area contributed by atoms with E-state index in [2.05, 4.69) is 45.0 Å². The van der Waals surface area contributed by atoms with Crippen LogP contribution in [0.15, 0.2) is 132 Å². The predicted molar refractivity (Wildman–Crippen MR) is 186 cm³/mol. The van der Waals surface area contributed by atoms with E-state index in [1.54, 1.807) is 43.6 Å². The molecule has 47 heavy (non-hydrogen) atoms. The molecule has 0 spiro atoms. The van der Waals surface area contributed by atoms with Crippen molar-refractivity contribution < 1.29 is 23.5 Å². The van der Waals surface area contributed by atoms with Gasteiger partial charge in [0.05, 0.1) is 5.56 Å². The highest BCUT2D eigenvalue weighted by atomic mass is 28.4. The fourth-order valence-electron chi connectivity index (χ4n) is 5.87. The standard InChI is InChI=1S/C39H39NO6Si/c1-39(2,3)47(32-21-13-7-14-22-32,33-23-15-8-16-24-33)45-26-25-31-27-40(4)36(41)35(46-37(42)30-19-11-6-12-20-30)34(31)38(43)44-28-29-17-9-5-10-18-29/h5-24,27H,25-26,28H2,1-4H3. The van der Waals surface area contributed by atoms with Crippen LogP contribution < -0.4 is 20.7 Å². The highest BCUT2D eigenvalue weighted by Crippen LogP contribution is 2.37. The van der Waals surface area contributed by atoms with Gasteiger partial charge in [-0.05, 0) is 45.1 Å². The van der Waals surface area contributed by atoms with E-state index in [4.69, 9.17) is 13.9 Å². The summed E-state index contributed by atoms with van der Waals surface area (Å²) in [6.45, 7) is 6.80. The van der Waals surface area contributed by atoms with E-state index in [0.717, 1.165) is 15.9 Å². The number of hydrogen-bond acceptors (Lipinski definition) is 6. The van der Waals surface area contributed by atoms with E-state index in [1.165, 1.54) is 4.57 Å². The minimum atomic E-state index is -2.89. The van der Waals surface area contributed by atoms with Crippen molar-refractivity contribution in [2.75, 3.05) is 6.61 Å². The second-order valence-electron chi connectivity index (χ2n) is 12.4. The van der Waals surface area contributed by atoms with Crippen LogP contribution in [0.5, 0.6) is 5.75 Å². The van der Waals surface area contributed by atoms with Crippen LogP contribution in [0.2, 0.25) is 5.04 Å². The number of rotatable bonds is 11. The topological polar surface area (TPSA) is 83.8 Å². The number of nitrogens with zero attached hydrogens (tertiary/aromatic N) is 1. The monoisotopic (exact) mass is 645 g/mol. The van der Waals surface area contributed by atoms with Crippen LogP contribution in [0.25, 0.3) is 0 Å². The van der Waals surface area contributed by atoms with Crippen LogP contribution in [0.3, 0.4) is 0 Å². The minimum Gasteiger partial charge on any atom is -0.457 e. The summed E-state index contributed by atoms with van der Waals surface area (Å²) in [6, 6.07) is 38.1. The number of carbonyl (C=O) groups is 2. The molecule has 1 heterocycles. The summed E-state index contributed by atoms with van der Waals surface area (Å²) in [5, 5.41) is 1.99. The molecule has 0 atom stereocenters. The van der Waals surface area contributed by atoms with Gasteiger partial charge in [0.15, 0.2) is 0 Å². The molecule has 0 radical (unpaired) electrons. The molecule has 0 aliphatic carbocycles. The van der Waals surface area contributed by atoms with Crippen LogP contribution in [-0.4, -0.2) is 31.4 Å². The van der Waals surface area contributed by atoms with Gasteiger partial charge in [-0.25, -0.2) is 9.59 Å². The largest absolute Gasteiger partial charge is 0.457 e. The molecule has 0 unspecified atom stereocenters. The van der Waals surface area contributed by atoms with Crippen molar-refractivity contribution in [3.63, 3.8) is 0 Å². The molecule has 8 heteroatoms. The molecule has 0 bridgehead atoms. The lowest BCUT2D eigenvalue weighted by atomic mass is 10.1. The first-order valence-corrected chi connectivity index (χ1v) is 17.5. The summed E-state index contributed by atoms with van der Waals surface area (Å²) in [4.78, 5) is 40.5. The van der Waals surface area contributed by atoms with Crippen molar-refractivity contribution in [3.8, 4) is 5.75 Å². The zero-order valence-corrected chi connectivity index (χ0v) is 28.1. The van der Waals surface area contributed by atoms with Crippen LogP contribution in [0.4, 0.5) is 0 Å². The number of aromatic nitrogens is 1. The van der Waals surface area contributed by atoms with Gasteiger partial charge in [-0.15, -0.1) is 0 Å². The quantitative estimate of drug-likeness (QED) is 0.128. The van der Waals surface area contributed by atoms with E-state index in [1.807, 2.05) is 66.7 Å². The average molecular weight is 646 g/mol. The third-order valence-corrected chi connectivity index (χ3v) is 13.2. The Labute approximate surface area is 276 Å². The average Bonchev–Trinajstić information content (AvgIpc) is 3.09. The van der Waals surface area contributed by atoms with Gasteiger partial charge in [0.2, 0.25) is 5.75 Å². The second kappa shape index (κ2) is 14.6. The highest BCUT2D eigenvalue weighted by Gasteiger charge is 2.50. The van der Waals surface area contributed by atoms with Gasteiger partial charge in [-0.3, -0.25) is 4.79 Å². The van der Waals surface area contributed by atoms with E-state index < -0.39 is 25.8 Å². The summed E-state index contributed by atoms with van der Waals surface area (Å²) in [5.74, 6) is -1.88. The smallest absolute Gasteiger partial charge is 0.343 e. The third kappa shape index (κ3) is 7.35. The first-order valence-electron chi connectivity index (χ1n) is 15.6. The first-order chi connectivity index (χ1) is 22.6. The molecule has 0 saturated carbocycles. The Morgan fingerprint density at radius 2 is 1.23 bits per heavy atom. The molecule has 5 rings (SSSR count). The van der Waals surface area contributed by atoms with Crippen molar-refractivity contribution in [2.24, 2.45) is 7.05 Å². The van der Waals surface area contributed by atoms with E-state index in [9.17, 15) is 14.4 Å². The zero-order chi connectivity index (χ0) is 33.4. The highest BCUT2D eigenvalue weighted by molar-refractivity contribution is 6.99. The summed E-state index contributed by atoms with van der Waals surface area (Å²) < 4.78 is 19.8. The molecule has 0 aliphatic heterocycles. The zero-order valence-electron chi connectivity index (χ0n) is 27.1. The maximum atomic E-state index is 13.8. The summed E-state index contributed by atoms with van der Waals surface area (Å²) in [5.41, 5.74) is 0.790. The summed E-state index contributed by atoms with van der Waals surface area (Å²) >= 11 is 0. The molecule has 5 aromatic rings. The first kappa shape index (κ1) is 33.3. The molecule has 0 fully saturated rings. The molecule has 0 N–H and O–H groups in total. The Hall–Kier alpha value is -5.05. The van der Waals surface area contributed by atoms with Crippen LogP contribution in [0, 0.1) is 0 Å². The van der Waals surface area contributed by atoms with Gasteiger partial charge in [-0.2, -0.15) is 0 Å². The number of hydrogen-bond donors (Lipinski definition) is 0. The molecule has 0 amide bonds. The number of esters is 2. The van der Waals surface area contributed by atoms with Gasteiger partial charge in [-0.1, -0.05) is 130 Å². The van der Waals surface area contributed by atoms with E-state index in [0.29, 0.717) is 5.56 Å². The van der Waals surface area contributed by atoms with Crippen molar-refractivity contribution >= 4 is 30.6 Å². The Bertz CT molecular complexity index is 1830. The maximum absolute atomic E-state index is 13.8. The molecular formula is C39H39NO6Si. The fourth-order valence-corrected chi connectivity index (χ4v) is 10.4. The third-order valence-electron chi connectivity index (χ3n) is 8.14. The van der Waals surface area contributed by atoms with Crippen molar-refractivity contribution in [2.45, 2.75) is 38.8 Å². The number of benzene rings is 4. The number of carbonyl (C=O) groups excluding carboxylic acids is 2. The van der Waals surface area contributed by atoms with Crippen molar-refractivity contribution in [1.82, 2.24) is 4.57 Å². The van der Waals surface area contributed by atoms with E-state index >= 15 is 0 Å². The lowest BCUT2D eigenvalue weighted by molar-refractivity contribution is 0.0465. The molecule has 1 aromatic heterocycles. The fraction of sp³-hybridized carbons (Fsp3) is 0.205. The minimum absolute atomic E-state index is 0.0149. The lowest BCUT2D eigenvalue weighted by Crippen LogP contribution is -2.66. The second-order valence-corrected chi connectivity index (χ2v) is 16.7. The maximum Gasteiger partial charge on any atom is 0.343 e. The normalized spacial score (nSPS) is 11.6. The van der Waals surface area contributed by atoms with Gasteiger partial charge in [0, 0.05) is 19.9 Å². The predicted octanol–water partition coefficient (Wildman–Crippen LogP) is 6.08. The van der Waals surface area contributed by atoms with Gasteiger partial charge < -0.3 is 18.5 Å².